The highest BCUT2D eigenvalue weighted by Crippen LogP contribution is 2.57. The number of ether oxygens (including phenoxy) is 3. The monoisotopic (exact) mass is 636 g/mol. The van der Waals surface area contributed by atoms with E-state index in [9.17, 15) is 14.7 Å². The van der Waals surface area contributed by atoms with Gasteiger partial charge < -0.3 is 24.6 Å². The van der Waals surface area contributed by atoms with Crippen molar-refractivity contribution in [3.05, 3.63) is 104 Å². The van der Waals surface area contributed by atoms with Crippen LogP contribution >= 0.6 is 0 Å². The Morgan fingerprint density at radius 1 is 1.04 bits per heavy atom. The summed E-state index contributed by atoms with van der Waals surface area (Å²) in [7, 11) is 6.60. The number of hydrogen-bond acceptors (Lipinski definition) is 8. The Balaban J connectivity index is 1.32. The van der Waals surface area contributed by atoms with Crippen molar-refractivity contribution in [3.63, 3.8) is 0 Å². The zero-order valence-electron chi connectivity index (χ0n) is 26.4. The molecule has 5 aromatic rings. The van der Waals surface area contributed by atoms with Gasteiger partial charge in [0.05, 0.1) is 38.0 Å². The lowest BCUT2D eigenvalue weighted by molar-refractivity contribution is 0.102. The summed E-state index contributed by atoms with van der Waals surface area (Å²) in [6.45, 7) is 0.809. The molecule has 0 unspecified atom stereocenters. The number of nitrogens with one attached hydrogen (secondary N) is 2. The van der Waals surface area contributed by atoms with Crippen molar-refractivity contribution >= 4 is 22.4 Å². The zero-order chi connectivity index (χ0) is 33.0. The van der Waals surface area contributed by atoms with Gasteiger partial charge in [-0.3, -0.25) is 14.5 Å². The van der Waals surface area contributed by atoms with Crippen LogP contribution in [0, 0.1) is 5.82 Å². The molecule has 0 saturated carbocycles. The smallest absolute Gasteiger partial charge is 0.272 e. The SMILES string of the molecule is COc1cc(NC(=O)c2cc(Cc3n[nH]c(=O)c4ccccc34)ccc2F)c2c(c1O)-c1c(OC)c(OC)cc3c1[C@H](C2)N(C)CC3. The number of anilines is 1. The van der Waals surface area contributed by atoms with Gasteiger partial charge in [-0.2, -0.15) is 5.10 Å². The summed E-state index contributed by atoms with van der Waals surface area (Å²) in [5, 5.41) is 22.4. The topological polar surface area (TPSA) is 126 Å². The predicted octanol–water partition coefficient (Wildman–Crippen LogP) is 5.39. The largest absolute Gasteiger partial charge is 0.504 e. The van der Waals surface area contributed by atoms with E-state index in [-0.39, 0.29) is 35.1 Å². The van der Waals surface area contributed by atoms with Crippen molar-refractivity contribution in [2.45, 2.75) is 25.3 Å². The van der Waals surface area contributed by atoms with Gasteiger partial charge in [0, 0.05) is 47.3 Å². The van der Waals surface area contributed by atoms with E-state index >= 15 is 4.39 Å². The molecule has 1 atom stereocenters. The fraction of sp³-hybridized carbons (Fsp3) is 0.250. The van der Waals surface area contributed by atoms with E-state index < -0.39 is 11.7 Å². The van der Waals surface area contributed by atoms with E-state index in [1.807, 2.05) is 19.2 Å². The van der Waals surface area contributed by atoms with Crippen LogP contribution in [0.3, 0.4) is 0 Å². The number of phenols is 1. The minimum absolute atomic E-state index is 0.0656. The van der Waals surface area contributed by atoms with Crippen LogP contribution in [0.2, 0.25) is 0 Å². The molecule has 11 heteroatoms. The van der Waals surface area contributed by atoms with Crippen LogP contribution in [0.5, 0.6) is 23.0 Å². The number of carbonyl (C=O) groups is 1. The summed E-state index contributed by atoms with van der Waals surface area (Å²) in [6, 6.07) is 14.9. The van der Waals surface area contributed by atoms with E-state index in [0.29, 0.717) is 62.3 Å². The third-order valence-corrected chi connectivity index (χ3v) is 9.30. The average molecular weight is 637 g/mol. The molecule has 0 spiro atoms. The molecule has 4 aromatic carbocycles. The summed E-state index contributed by atoms with van der Waals surface area (Å²) in [4.78, 5) is 28.4. The molecular formula is C36H33FN4O6. The molecular weight excluding hydrogens is 603 g/mol. The summed E-state index contributed by atoms with van der Waals surface area (Å²) in [5.74, 6) is -0.303. The Morgan fingerprint density at radius 2 is 1.81 bits per heavy atom. The molecule has 0 fully saturated rings. The highest BCUT2D eigenvalue weighted by atomic mass is 19.1. The van der Waals surface area contributed by atoms with Gasteiger partial charge in [0.25, 0.3) is 11.5 Å². The molecule has 10 nitrogen and oxygen atoms in total. The van der Waals surface area contributed by atoms with Crippen LogP contribution in [0.15, 0.2) is 59.4 Å². The van der Waals surface area contributed by atoms with Gasteiger partial charge >= 0.3 is 0 Å². The van der Waals surface area contributed by atoms with E-state index in [1.165, 1.54) is 19.2 Å². The molecule has 2 aliphatic rings. The fourth-order valence-corrected chi connectivity index (χ4v) is 7.00. The number of carbonyl (C=O) groups excluding carboxylic acids is 1. The summed E-state index contributed by atoms with van der Waals surface area (Å²) in [6.07, 6.45) is 1.52. The standard InChI is InChI=1S/C36H33FN4O6/c1-41-12-11-19-15-29(46-3)34(47-4)32-30(19)27(41)16-23-25(17-28(45-2)33(42)31(23)32)38-35(43)22-13-18(9-10-24(22)37)14-26-20-7-5-6-8-21(20)36(44)40-39-26/h5-10,13,15,17,27,42H,11-12,14,16H2,1-4H3,(H,38,43)(H,40,44)/t27-/m0/s1. The molecule has 1 aromatic heterocycles. The first-order valence-corrected chi connectivity index (χ1v) is 15.2. The first-order chi connectivity index (χ1) is 22.7. The highest BCUT2D eigenvalue weighted by Gasteiger charge is 2.39. The van der Waals surface area contributed by atoms with Crippen molar-refractivity contribution in [1.82, 2.24) is 15.1 Å². The second-order valence-corrected chi connectivity index (χ2v) is 11.8. The van der Waals surface area contributed by atoms with Crippen LogP contribution in [0.1, 0.15) is 44.3 Å². The molecule has 47 heavy (non-hydrogen) atoms. The lowest BCUT2D eigenvalue weighted by atomic mass is 9.75. The molecule has 240 valence electrons. The molecule has 0 bridgehead atoms. The first-order valence-electron chi connectivity index (χ1n) is 15.2. The van der Waals surface area contributed by atoms with Gasteiger partial charge in [-0.1, -0.05) is 24.3 Å². The maximum atomic E-state index is 15.3. The normalized spacial score (nSPS) is 15.1. The number of H-pyrrole nitrogens is 1. The number of amides is 1. The Labute approximate surface area is 269 Å². The van der Waals surface area contributed by atoms with Crippen LogP contribution in [0.25, 0.3) is 21.9 Å². The van der Waals surface area contributed by atoms with Gasteiger partial charge in [0.1, 0.15) is 5.82 Å². The zero-order valence-corrected chi connectivity index (χ0v) is 26.4. The van der Waals surface area contributed by atoms with Crippen LogP contribution in [-0.2, 0) is 19.3 Å². The van der Waals surface area contributed by atoms with Crippen LogP contribution < -0.4 is 25.1 Å². The van der Waals surface area contributed by atoms with Gasteiger partial charge in [-0.05, 0) is 66.4 Å². The summed E-state index contributed by atoms with van der Waals surface area (Å²) in [5.41, 5.74) is 5.10. The molecule has 1 aliphatic heterocycles. The van der Waals surface area contributed by atoms with Gasteiger partial charge in [-0.25, -0.2) is 9.49 Å². The molecule has 7 rings (SSSR count). The number of hydrogen-bond donors (Lipinski definition) is 3. The van der Waals surface area contributed by atoms with Crippen molar-refractivity contribution in [1.29, 1.82) is 0 Å². The highest BCUT2D eigenvalue weighted by molar-refractivity contribution is 6.06. The molecule has 1 amide bonds. The summed E-state index contributed by atoms with van der Waals surface area (Å²) >= 11 is 0. The van der Waals surface area contributed by atoms with Crippen molar-refractivity contribution < 1.29 is 28.5 Å². The quantitative estimate of drug-likeness (QED) is 0.203. The molecule has 0 radical (unpaired) electrons. The molecule has 3 N–H and O–H groups in total. The van der Waals surface area contributed by atoms with Crippen LogP contribution in [0.4, 0.5) is 10.1 Å². The minimum atomic E-state index is -0.696. The average Bonchev–Trinajstić information content (AvgIpc) is 3.09. The third kappa shape index (κ3) is 4.94. The van der Waals surface area contributed by atoms with Crippen LogP contribution in [-0.4, -0.2) is 61.0 Å². The number of aromatic nitrogens is 2. The second-order valence-electron chi connectivity index (χ2n) is 11.8. The number of aromatic hydroxyl groups is 1. The second kappa shape index (κ2) is 11.7. The first kappa shape index (κ1) is 30.2. The maximum Gasteiger partial charge on any atom is 0.272 e. The third-order valence-electron chi connectivity index (χ3n) is 9.30. The lowest BCUT2D eigenvalue weighted by Gasteiger charge is -2.41. The molecule has 1 aliphatic carbocycles. The number of aromatic amines is 1. The Morgan fingerprint density at radius 3 is 2.55 bits per heavy atom. The number of fused-ring (bicyclic) bond motifs is 3. The van der Waals surface area contributed by atoms with Crippen molar-refractivity contribution in [2.24, 2.45) is 0 Å². The Hall–Kier alpha value is -5.42. The van der Waals surface area contributed by atoms with Gasteiger partial charge in [0.15, 0.2) is 23.0 Å². The molecule has 2 heterocycles. The van der Waals surface area contributed by atoms with Crippen molar-refractivity contribution in [3.8, 4) is 34.1 Å². The van der Waals surface area contributed by atoms with Gasteiger partial charge in [-0.15, -0.1) is 0 Å². The number of methoxy groups -OCH3 is 3. The number of rotatable bonds is 7. The number of benzene rings is 4. The van der Waals surface area contributed by atoms with Gasteiger partial charge in [0.2, 0.25) is 0 Å². The maximum absolute atomic E-state index is 15.3. The summed E-state index contributed by atoms with van der Waals surface area (Å²) < 4.78 is 32.4. The van der Waals surface area contributed by atoms with Crippen molar-refractivity contribution in [2.75, 3.05) is 40.2 Å². The lowest BCUT2D eigenvalue weighted by Crippen LogP contribution is -2.36. The molecule has 0 saturated heterocycles. The number of nitrogens with zero attached hydrogens (tertiary/aromatic N) is 2. The Kier molecular flexibility index (Phi) is 7.56. The van der Waals surface area contributed by atoms with E-state index in [2.05, 4.69) is 20.4 Å². The van der Waals surface area contributed by atoms with E-state index in [4.69, 9.17) is 14.2 Å². The van der Waals surface area contributed by atoms with E-state index in [1.54, 1.807) is 44.6 Å². The van der Waals surface area contributed by atoms with E-state index in [0.717, 1.165) is 24.1 Å². The minimum Gasteiger partial charge on any atom is -0.504 e. The fourth-order valence-electron chi connectivity index (χ4n) is 7.00. The number of likely N-dealkylation sites (N-methyl/N-ethyl adjacent to an activating group) is 1. The predicted molar refractivity (Wildman–Crippen MR) is 176 cm³/mol. The number of phenolic OH excluding ortho intramolecular Hbond substituents is 1. The Bertz CT molecular complexity index is 2150. The number of halogens is 1.